The second-order valence-electron chi connectivity index (χ2n) is 8.20. The molecule has 0 bridgehead atoms. The predicted molar refractivity (Wildman–Crippen MR) is 138 cm³/mol. The lowest BCUT2D eigenvalue weighted by atomic mass is 10.1. The number of rotatable bonds is 10. The van der Waals surface area contributed by atoms with Gasteiger partial charge in [-0.2, -0.15) is 0 Å². The Hall–Kier alpha value is -5.06. The van der Waals surface area contributed by atoms with E-state index in [0.717, 1.165) is 17.7 Å². The number of pyridine rings is 1. The summed E-state index contributed by atoms with van der Waals surface area (Å²) < 4.78 is 32.5. The van der Waals surface area contributed by atoms with Crippen LogP contribution < -0.4 is 21.1 Å². The molecule has 0 aliphatic heterocycles. The molecule has 0 spiro atoms. The highest BCUT2D eigenvalue weighted by Crippen LogP contribution is 2.31. The smallest absolute Gasteiger partial charge is 0.292 e. The van der Waals surface area contributed by atoms with Gasteiger partial charge in [0.15, 0.2) is 11.6 Å². The van der Waals surface area contributed by atoms with Crippen molar-refractivity contribution in [3.8, 4) is 11.5 Å². The number of nitrogens with two attached hydrogens (primary N) is 1. The van der Waals surface area contributed by atoms with E-state index >= 15 is 0 Å². The van der Waals surface area contributed by atoms with Crippen molar-refractivity contribution in [2.24, 2.45) is 0 Å². The molecule has 0 saturated heterocycles. The van der Waals surface area contributed by atoms with Crippen molar-refractivity contribution >= 4 is 23.1 Å². The van der Waals surface area contributed by atoms with Crippen LogP contribution in [0.3, 0.4) is 0 Å². The number of benzene rings is 3. The van der Waals surface area contributed by atoms with Gasteiger partial charge in [0.05, 0.1) is 10.5 Å². The summed E-state index contributed by atoms with van der Waals surface area (Å²) in [6, 6.07) is 18.1. The van der Waals surface area contributed by atoms with Gasteiger partial charge in [0.2, 0.25) is 0 Å². The molecule has 4 N–H and O–H groups in total. The van der Waals surface area contributed by atoms with Gasteiger partial charge in [-0.25, -0.2) is 13.8 Å². The monoisotopic (exact) mass is 519 g/mol. The first-order valence-electron chi connectivity index (χ1n) is 11.5. The van der Waals surface area contributed by atoms with E-state index in [9.17, 15) is 23.7 Å². The number of halogens is 2. The molecule has 0 aliphatic rings. The van der Waals surface area contributed by atoms with E-state index in [1.807, 2.05) is 12.1 Å². The van der Waals surface area contributed by atoms with E-state index in [0.29, 0.717) is 41.4 Å². The second-order valence-corrected chi connectivity index (χ2v) is 8.20. The van der Waals surface area contributed by atoms with Crippen molar-refractivity contribution in [3.63, 3.8) is 0 Å². The standard InChI is InChI=1S/C27H23F2N5O4/c28-21-9-7-17(14-22(21)29)16-33-27(35)20-5-3-12-31-26(20)32-13-11-18-4-1-2-6-25(18)38-19-8-10-24(34(36)37)23(30)15-19/h1-10,12,14-15H,11,13,16,30H2,(H,31,32)(H,33,35). The van der Waals surface area contributed by atoms with Crippen LogP contribution in [0.15, 0.2) is 79.0 Å². The number of nitrogen functional groups attached to an aromatic ring is 1. The van der Waals surface area contributed by atoms with Crippen LogP contribution in [-0.4, -0.2) is 22.4 Å². The van der Waals surface area contributed by atoms with Crippen LogP contribution in [0.1, 0.15) is 21.5 Å². The number of carbonyl (C=O) groups excluding carboxylic acids is 1. The Bertz CT molecular complexity index is 1480. The average Bonchev–Trinajstić information content (AvgIpc) is 2.90. The normalized spacial score (nSPS) is 10.6. The fourth-order valence-corrected chi connectivity index (χ4v) is 3.67. The summed E-state index contributed by atoms with van der Waals surface area (Å²) in [5, 5.41) is 16.8. The molecule has 0 fully saturated rings. The van der Waals surface area contributed by atoms with Gasteiger partial charge in [-0.05, 0) is 53.9 Å². The summed E-state index contributed by atoms with van der Waals surface area (Å²) in [4.78, 5) is 27.4. The van der Waals surface area contributed by atoms with Crippen molar-refractivity contribution in [1.82, 2.24) is 10.3 Å². The lowest BCUT2D eigenvalue weighted by Crippen LogP contribution is -2.24. The third-order valence-corrected chi connectivity index (χ3v) is 5.57. The van der Waals surface area contributed by atoms with Crippen molar-refractivity contribution < 1.29 is 23.2 Å². The number of nitrogens with one attached hydrogen (secondary N) is 2. The van der Waals surface area contributed by atoms with E-state index in [-0.39, 0.29) is 17.9 Å². The Morgan fingerprint density at radius 2 is 1.84 bits per heavy atom. The summed E-state index contributed by atoms with van der Waals surface area (Å²) in [5.74, 6) is -1.10. The number of ether oxygens (including phenoxy) is 1. The van der Waals surface area contributed by atoms with Crippen molar-refractivity contribution in [2.75, 3.05) is 17.6 Å². The molecule has 3 aromatic carbocycles. The minimum absolute atomic E-state index is 0.00262. The van der Waals surface area contributed by atoms with E-state index in [1.54, 1.807) is 30.5 Å². The minimum Gasteiger partial charge on any atom is -0.457 e. The lowest BCUT2D eigenvalue weighted by Gasteiger charge is -2.14. The zero-order chi connectivity index (χ0) is 27.1. The number of anilines is 2. The van der Waals surface area contributed by atoms with Gasteiger partial charge in [-0.15, -0.1) is 0 Å². The number of nitrogens with zero attached hydrogens (tertiary/aromatic N) is 2. The topological polar surface area (TPSA) is 132 Å². The fourth-order valence-electron chi connectivity index (χ4n) is 3.67. The summed E-state index contributed by atoms with van der Waals surface area (Å²) in [5.41, 5.74) is 7.12. The molecule has 1 heterocycles. The van der Waals surface area contributed by atoms with Gasteiger partial charge in [-0.1, -0.05) is 24.3 Å². The molecule has 9 nitrogen and oxygen atoms in total. The lowest BCUT2D eigenvalue weighted by molar-refractivity contribution is -0.383. The highest BCUT2D eigenvalue weighted by atomic mass is 19.2. The summed E-state index contributed by atoms with van der Waals surface area (Å²) >= 11 is 0. The number of nitro benzene ring substituents is 1. The van der Waals surface area contributed by atoms with Crippen LogP contribution in [0, 0.1) is 21.7 Å². The van der Waals surface area contributed by atoms with E-state index in [1.165, 1.54) is 24.3 Å². The zero-order valence-corrected chi connectivity index (χ0v) is 20.0. The number of hydrogen-bond donors (Lipinski definition) is 3. The van der Waals surface area contributed by atoms with Gasteiger partial charge in [0.1, 0.15) is 23.0 Å². The number of carbonyl (C=O) groups is 1. The fraction of sp³-hybridized carbons (Fsp3) is 0.111. The van der Waals surface area contributed by atoms with Crippen LogP contribution in [0.4, 0.5) is 26.0 Å². The molecule has 38 heavy (non-hydrogen) atoms. The summed E-state index contributed by atoms with van der Waals surface area (Å²) in [6.45, 7) is 0.422. The first kappa shape index (κ1) is 26.0. The van der Waals surface area contributed by atoms with Crippen molar-refractivity contribution in [2.45, 2.75) is 13.0 Å². The Kier molecular flexibility index (Phi) is 8.07. The maximum absolute atomic E-state index is 13.4. The molecule has 0 radical (unpaired) electrons. The number of hydrogen-bond acceptors (Lipinski definition) is 7. The number of para-hydroxylation sites is 1. The third-order valence-electron chi connectivity index (χ3n) is 5.57. The quantitative estimate of drug-likeness (QED) is 0.149. The number of aromatic nitrogens is 1. The number of amides is 1. The SMILES string of the molecule is Nc1cc(Oc2ccccc2CCNc2ncccc2C(=O)NCc2ccc(F)c(F)c2)ccc1[N+](=O)[O-]. The van der Waals surface area contributed by atoms with Gasteiger partial charge in [-0.3, -0.25) is 14.9 Å². The second kappa shape index (κ2) is 11.8. The van der Waals surface area contributed by atoms with Crippen LogP contribution in [0.25, 0.3) is 0 Å². The van der Waals surface area contributed by atoms with Crippen LogP contribution in [-0.2, 0) is 13.0 Å². The predicted octanol–water partition coefficient (Wildman–Crippen LogP) is 5.23. The largest absolute Gasteiger partial charge is 0.457 e. The van der Waals surface area contributed by atoms with E-state index < -0.39 is 22.5 Å². The Labute approximate surface area is 216 Å². The third kappa shape index (κ3) is 6.38. The molecule has 0 unspecified atom stereocenters. The average molecular weight is 520 g/mol. The maximum Gasteiger partial charge on any atom is 0.292 e. The van der Waals surface area contributed by atoms with E-state index in [4.69, 9.17) is 10.5 Å². The first-order valence-corrected chi connectivity index (χ1v) is 11.5. The van der Waals surface area contributed by atoms with Gasteiger partial charge in [0, 0.05) is 31.4 Å². The molecule has 4 aromatic rings. The van der Waals surface area contributed by atoms with Gasteiger partial charge < -0.3 is 21.1 Å². The van der Waals surface area contributed by atoms with Crippen molar-refractivity contribution in [3.05, 3.63) is 117 Å². The zero-order valence-electron chi connectivity index (χ0n) is 20.0. The molecule has 0 saturated carbocycles. The Morgan fingerprint density at radius 3 is 2.61 bits per heavy atom. The molecule has 0 atom stereocenters. The highest BCUT2D eigenvalue weighted by molar-refractivity contribution is 5.98. The minimum atomic E-state index is -0.984. The molecular weight excluding hydrogens is 496 g/mol. The molecule has 4 rings (SSSR count). The van der Waals surface area contributed by atoms with Crippen LogP contribution >= 0.6 is 0 Å². The van der Waals surface area contributed by atoms with Crippen LogP contribution in [0.2, 0.25) is 0 Å². The molecule has 194 valence electrons. The molecular formula is C27H23F2N5O4. The summed E-state index contributed by atoms with van der Waals surface area (Å²) in [7, 11) is 0. The maximum atomic E-state index is 13.4. The molecule has 0 aliphatic carbocycles. The van der Waals surface area contributed by atoms with Crippen molar-refractivity contribution in [1.29, 1.82) is 0 Å². The highest BCUT2D eigenvalue weighted by Gasteiger charge is 2.15. The van der Waals surface area contributed by atoms with Gasteiger partial charge in [0.25, 0.3) is 11.6 Å². The van der Waals surface area contributed by atoms with Gasteiger partial charge >= 0.3 is 0 Å². The molecule has 11 heteroatoms. The first-order chi connectivity index (χ1) is 18.3. The number of nitro groups is 1. The summed E-state index contributed by atoms with van der Waals surface area (Å²) in [6.07, 6.45) is 2.05. The van der Waals surface area contributed by atoms with Crippen LogP contribution in [0.5, 0.6) is 11.5 Å². The van der Waals surface area contributed by atoms with E-state index in [2.05, 4.69) is 15.6 Å². The molecule has 1 aromatic heterocycles. The Morgan fingerprint density at radius 1 is 1.03 bits per heavy atom. The Balaban J connectivity index is 1.39. The molecule has 1 amide bonds.